The number of ketones is 1. The monoisotopic (exact) mass is 299 g/mol. The second-order valence-electron chi connectivity index (χ2n) is 5.22. The zero-order chi connectivity index (χ0) is 14.8. The van der Waals surface area contributed by atoms with Gasteiger partial charge in [0.25, 0.3) is 0 Å². The van der Waals surface area contributed by atoms with E-state index in [9.17, 15) is 17.6 Å². The standard InChI is InChI=1S/C14H18FNO3S/c1-16(13-7-9-20(18,19)10-13)8-6-14(17)11-2-4-12(15)5-3-11/h2-5,13H,6-10H2,1H3. The first-order chi connectivity index (χ1) is 9.37. The SMILES string of the molecule is CN(CCC(=O)c1ccc(F)cc1)C1CCS(=O)(=O)C1. The van der Waals surface area contributed by atoms with Crippen LogP contribution in [0.1, 0.15) is 23.2 Å². The number of rotatable bonds is 5. The number of nitrogens with zero attached hydrogens (tertiary/aromatic N) is 1. The molecule has 0 bridgehead atoms. The third-order valence-electron chi connectivity index (χ3n) is 3.69. The van der Waals surface area contributed by atoms with Crippen LogP contribution in [0.4, 0.5) is 4.39 Å². The van der Waals surface area contributed by atoms with Gasteiger partial charge in [-0.25, -0.2) is 12.8 Å². The summed E-state index contributed by atoms with van der Waals surface area (Å²) in [5.41, 5.74) is 0.485. The van der Waals surface area contributed by atoms with Crippen molar-refractivity contribution in [2.24, 2.45) is 0 Å². The van der Waals surface area contributed by atoms with Crippen molar-refractivity contribution in [2.75, 3.05) is 25.1 Å². The van der Waals surface area contributed by atoms with Crippen LogP contribution in [-0.4, -0.2) is 50.2 Å². The van der Waals surface area contributed by atoms with Gasteiger partial charge in [0, 0.05) is 24.6 Å². The molecule has 1 aliphatic heterocycles. The Morgan fingerprint density at radius 3 is 2.55 bits per heavy atom. The maximum Gasteiger partial charge on any atom is 0.164 e. The summed E-state index contributed by atoms with van der Waals surface area (Å²) in [4.78, 5) is 13.9. The van der Waals surface area contributed by atoms with Gasteiger partial charge in [-0.05, 0) is 37.7 Å². The van der Waals surface area contributed by atoms with E-state index < -0.39 is 9.84 Å². The Morgan fingerprint density at radius 2 is 2.00 bits per heavy atom. The van der Waals surface area contributed by atoms with E-state index in [1.807, 2.05) is 11.9 Å². The van der Waals surface area contributed by atoms with Gasteiger partial charge in [-0.15, -0.1) is 0 Å². The fraction of sp³-hybridized carbons (Fsp3) is 0.500. The molecule has 4 nitrogen and oxygen atoms in total. The molecule has 1 fully saturated rings. The Balaban J connectivity index is 1.86. The average Bonchev–Trinajstić information content (AvgIpc) is 2.77. The second kappa shape index (κ2) is 6.01. The number of carbonyl (C=O) groups is 1. The first kappa shape index (κ1) is 15.1. The summed E-state index contributed by atoms with van der Waals surface area (Å²) in [6.45, 7) is 0.510. The molecule has 20 heavy (non-hydrogen) atoms. The van der Waals surface area contributed by atoms with Crippen LogP contribution in [0.3, 0.4) is 0 Å². The molecule has 0 aliphatic carbocycles. The molecule has 6 heteroatoms. The van der Waals surface area contributed by atoms with Crippen LogP contribution in [0.15, 0.2) is 24.3 Å². The van der Waals surface area contributed by atoms with Crippen LogP contribution in [0.5, 0.6) is 0 Å². The lowest BCUT2D eigenvalue weighted by atomic mass is 10.1. The predicted molar refractivity (Wildman–Crippen MR) is 75.0 cm³/mol. The molecule has 0 radical (unpaired) electrons. The van der Waals surface area contributed by atoms with Gasteiger partial charge in [0.05, 0.1) is 11.5 Å². The lowest BCUT2D eigenvalue weighted by Crippen LogP contribution is -2.34. The zero-order valence-corrected chi connectivity index (χ0v) is 12.2. The highest BCUT2D eigenvalue weighted by Crippen LogP contribution is 2.17. The van der Waals surface area contributed by atoms with Crippen molar-refractivity contribution in [1.82, 2.24) is 4.90 Å². The lowest BCUT2D eigenvalue weighted by Gasteiger charge is -2.22. The van der Waals surface area contributed by atoms with Gasteiger partial charge < -0.3 is 4.90 Å². The molecule has 1 saturated heterocycles. The molecule has 1 atom stereocenters. The van der Waals surface area contributed by atoms with Gasteiger partial charge in [-0.1, -0.05) is 0 Å². The van der Waals surface area contributed by atoms with Crippen molar-refractivity contribution in [1.29, 1.82) is 0 Å². The van der Waals surface area contributed by atoms with E-state index in [1.54, 1.807) is 0 Å². The van der Waals surface area contributed by atoms with Crippen LogP contribution in [-0.2, 0) is 9.84 Å². The topological polar surface area (TPSA) is 54.5 Å². The molecular formula is C14H18FNO3S. The fourth-order valence-corrected chi connectivity index (χ4v) is 4.17. The number of hydrogen-bond donors (Lipinski definition) is 0. The molecule has 1 unspecified atom stereocenters. The predicted octanol–water partition coefficient (Wildman–Crippen LogP) is 1.52. The highest BCUT2D eigenvalue weighted by atomic mass is 32.2. The maximum atomic E-state index is 12.8. The molecule has 110 valence electrons. The van der Waals surface area contributed by atoms with Crippen molar-refractivity contribution < 1.29 is 17.6 Å². The summed E-state index contributed by atoms with van der Waals surface area (Å²) in [7, 11) is -1.07. The lowest BCUT2D eigenvalue weighted by molar-refractivity contribution is 0.0963. The van der Waals surface area contributed by atoms with Crippen molar-refractivity contribution in [3.63, 3.8) is 0 Å². The smallest absolute Gasteiger partial charge is 0.164 e. The normalized spacial score (nSPS) is 21.2. The number of hydrogen-bond acceptors (Lipinski definition) is 4. The van der Waals surface area contributed by atoms with Crippen molar-refractivity contribution in [3.8, 4) is 0 Å². The first-order valence-electron chi connectivity index (χ1n) is 6.57. The molecule has 1 aromatic rings. The number of halogens is 1. The molecule has 0 saturated carbocycles. The van der Waals surface area contributed by atoms with E-state index in [0.717, 1.165) is 0 Å². The van der Waals surface area contributed by atoms with Gasteiger partial charge in [0.2, 0.25) is 0 Å². The van der Waals surface area contributed by atoms with Crippen LogP contribution >= 0.6 is 0 Å². The van der Waals surface area contributed by atoms with E-state index in [-0.39, 0.29) is 29.1 Å². The summed E-state index contributed by atoms with van der Waals surface area (Å²) in [6, 6.07) is 5.47. The third-order valence-corrected chi connectivity index (χ3v) is 5.44. The van der Waals surface area contributed by atoms with E-state index in [4.69, 9.17) is 0 Å². The van der Waals surface area contributed by atoms with E-state index in [0.29, 0.717) is 24.9 Å². The van der Waals surface area contributed by atoms with Crippen LogP contribution < -0.4 is 0 Å². The summed E-state index contributed by atoms with van der Waals surface area (Å²) >= 11 is 0. The van der Waals surface area contributed by atoms with Gasteiger partial charge >= 0.3 is 0 Å². The first-order valence-corrected chi connectivity index (χ1v) is 8.39. The van der Waals surface area contributed by atoms with Crippen molar-refractivity contribution >= 4 is 15.6 Å². The van der Waals surface area contributed by atoms with E-state index in [2.05, 4.69) is 0 Å². The van der Waals surface area contributed by atoms with E-state index in [1.165, 1.54) is 24.3 Å². The highest BCUT2D eigenvalue weighted by Gasteiger charge is 2.30. The minimum Gasteiger partial charge on any atom is -0.302 e. The molecule has 0 spiro atoms. The molecule has 2 rings (SSSR count). The quantitative estimate of drug-likeness (QED) is 0.774. The maximum absolute atomic E-state index is 12.8. The highest BCUT2D eigenvalue weighted by molar-refractivity contribution is 7.91. The van der Waals surface area contributed by atoms with Crippen LogP contribution in [0.25, 0.3) is 0 Å². The summed E-state index contributed by atoms with van der Waals surface area (Å²) in [5, 5.41) is 0. The van der Waals surface area contributed by atoms with Gasteiger partial charge in [0.1, 0.15) is 5.82 Å². The minimum absolute atomic E-state index is 0.000942. The number of Topliss-reactive ketones (excluding diaryl/α,β-unsaturated/α-hetero) is 1. The Kier molecular flexibility index (Phi) is 4.55. The van der Waals surface area contributed by atoms with Crippen LogP contribution in [0, 0.1) is 5.82 Å². The molecule has 0 N–H and O–H groups in total. The summed E-state index contributed by atoms with van der Waals surface area (Å²) in [5.74, 6) is -0.0187. The number of benzene rings is 1. The third kappa shape index (κ3) is 3.86. The molecular weight excluding hydrogens is 281 g/mol. The van der Waals surface area contributed by atoms with Gasteiger partial charge in [-0.3, -0.25) is 4.79 Å². The summed E-state index contributed by atoms with van der Waals surface area (Å²) < 4.78 is 35.6. The fourth-order valence-electron chi connectivity index (χ4n) is 2.36. The average molecular weight is 299 g/mol. The molecule has 1 aliphatic rings. The Bertz CT molecular complexity index is 583. The molecule has 0 aromatic heterocycles. The van der Waals surface area contributed by atoms with Crippen LogP contribution in [0.2, 0.25) is 0 Å². The summed E-state index contributed by atoms with van der Waals surface area (Å²) in [6.07, 6.45) is 0.933. The Hall–Kier alpha value is -1.27. The minimum atomic E-state index is -2.90. The Labute approximate surface area is 118 Å². The second-order valence-corrected chi connectivity index (χ2v) is 7.45. The molecule has 1 aromatic carbocycles. The Morgan fingerprint density at radius 1 is 1.35 bits per heavy atom. The van der Waals surface area contributed by atoms with E-state index >= 15 is 0 Å². The van der Waals surface area contributed by atoms with Crippen molar-refractivity contribution in [3.05, 3.63) is 35.6 Å². The molecule has 0 amide bonds. The van der Waals surface area contributed by atoms with Gasteiger partial charge in [-0.2, -0.15) is 0 Å². The largest absolute Gasteiger partial charge is 0.302 e. The number of sulfone groups is 1. The van der Waals surface area contributed by atoms with Crippen molar-refractivity contribution in [2.45, 2.75) is 18.9 Å². The number of carbonyl (C=O) groups excluding carboxylic acids is 1. The zero-order valence-electron chi connectivity index (χ0n) is 11.4. The van der Waals surface area contributed by atoms with Gasteiger partial charge in [0.15, 0.2) is 15.6 Å². The molecule has 1 heterocycles.